The van der Waals surface area contributed by atoms with Crippen LogP contribution in [0.25, 0.3) is 22.3 Å². The zero-order valence-electron chi connectivity index (χ0n) is 21.9. The van der Waals surface area contributed by atoms with Crippen LogP contribution in [0.5, 0.6) is 11.5 Å². The second-order valence-corrected chi connectivity index (χ2v) is 9.64. The molecule has 0 saturated carbocycles. The van der Waals surface area contributed by atoms with Crippen LogP contribution in [0.3, 0.4) is 0 Å². The fourth-order valence-corrected chi connectivity index (χ4v) is 4.64. The van der Waals surface area contributed by atoms with Crippen LogP contribution in [-0.4, -0.2) is 35.0 Å². The Morgan fingerprint density at radius 1 is 1.02 bits per heavy atom. The van der Waals surface area contributed by atoms with E-state index in [1.807, 2.05) is 43.3 Å². The average Bonchev–Trinajstić information content (AvgIpc) is 2.98. The van der Waals surface area contributed by atoms with Crippen LogP contribution in [0.1, 0.15) is 12.5 Å². The summed E-state index contributed by atoms with van der Waals surface area (Å²) >= 11 is 3.50. The number of ether oxygens (including phenoxy) is 2. The van der Waals surface area contributed by atoms with Crippen molar-refractivity contribution in [2.45, 2.75) is 6.92 Å². The Hall–Kier alpha value is -4.83. The number of amides is 1. The highest BCUT2D eigenvalue weighted by atomic mass is 79.9. The Bertz CT molecular complexity index is 1790. The monoisotopic (exact) mass is 614 g/mol. The van der Waals surface area contributed by atoms with Crippen LogP contribution in [0.4, 0.5) is 10.1 Å². The number of anilines is 1. The fourth-order valence-electron chi connectivity index (χ4n) is 4.06. The lowest BCUT2D eigenvalue weighted by atomic mass is 10.2. The molecule has 5 aromatic rings. The molecule has 1 amide bonds. The lowest BCUT2D eigenvalue weighted by Crippen LogP contribution is -2.20. The minimum Gasteiger partial charge on any atom is -0.490 e. The predicted octanol–water partition coefficient (Wildman–Crippen LogP) is 6.26. The number of rotatable bonds is 9. The van der Waals surface area contributed by atoms with Gasteiger partial charge in [0.05, 0.1) is 28.2 Å². The van der Waals surface area contributed by atoms with Crippen molar-refractivity contribution in [2.75, 3.05) is 18.5 Å². The maximum absolute atomic E-state index is 13.4. The van der Waals surface area contributed by atoms with Gasteiger partial charge in [-0.3, -0.25) is 9.59 Å². The maximum Gasteiger partial charge on any atom is 0.282 e. The van der Waals surface area contributed by atoms with Gasteiger partial charge in [-0.15, -0.1) is 0 Å². The van der Waals surface area contributed by atoms with Gasteiger partial charge in [-0.05, 0) is 76.9 Å². The number of hydrogen-bond donors (Lipinski definition) is 1. The number of halogens is 2. The Labute approximate surface area is 243 Å². The molecule has 0 spiro atoms. The van der Waals surface area contributed by atoms with E-state index in [9.17, 15) is 14.0 Å². The Balaban J connectivity index is 1.44. The minimum atomic E-state index is -0.423. The molecule has 1 heterocycles. The van der Waals surface area contributed by atoms with E-state index in [0.717, 1.165) is 5.56 Å². The Morgan fingerprint density at radius 2 is 1.76 bits per heavy atom. The number of hydrogen-bond acceptors (Lipinski definition) is 6. The third-order valence-corrected chi connectivity index (χ3v) is 6.50. The predicted molar refractivity (Wildman–Crippen MR) is 160 cm³/mol. The number of nitrogens with zero attached hydrogens (tertiary/aromatic N) is 3. The van der Waals surface area contributed by atoms with Gasteiger partial charge in [-0.1, -0.05) is 42.5 Å². The molecule has 0 bridgehead atoms. The lowest BCUT2D eigenvalue weighted by Gasteiger charge is -2.15. The van der Waals surface area contributed by atoms with E-state index >= 15 is 0 Å². The highest BCUT2D eigenvalue weighted by Crippen LogP contribution is 2.36. The molecular formula is C31H24BrFN4O4. The maximum atomic E-state index is 13.4. The smallest absolute Gasteiger partial charge is 0.282 e. The van der Waals surface area contributed by atoms with E-state index in [2.05, 4.69) is 26.3 Å². The topological polar surface area (TPSA) is 94.8 Å². The Kier molecular flexibility index (Phi) is 8.50. The van der Waals surface area contributed by atoms with Crippen molar-refractivity contribution >= 4 is 44.6 Å². The molecule has 0 aliphatic heterocycles. The molecule has 4 aromatic carbocycles. The van der Waals surface area contributed by atoms with Crippen molar-refractivity contribution in [1.82, 2.24) is 9.66 Å². The molecule has 0 aliphatic rings. The first-order chi connectivity index (χ1) is 19.9. The summed E-state index contributed by atoms with van der Waals surface area (Å²) < 4.78 is 26.5. The summed E-state index contributed by atoms with van der Waals surface area (Å²) in [5.41, 5.74) is 2.08. The van der Waals surface area contributed by atoms with Crippen molar-refractivity contribution in [2.24, 2.45) is 5.10 Å². The second kappa shape index (κ2) is 12.6. The van der Waals surface area contributed by atoms with Gasteiger partial charge in [0.1, 0.15) is 5.82 Å². The SMILES string of the molecule is CCOc1cc(C=Nn2c(-c3ccccc3)nc3ccccc3c2=O)cc(Br)c1OCC(=O)Nc1ccc(F)cc1. The van der Waals surface area contributed by atoms with Crippen LogP contribution in [0, 0.1) is 5.82 Å². The lowest BCUT2D eigenvalue weighted by molar-refractivity contribution is -0.118. The number of fused-ring (bicyclic) bond motifs is 1. The summed E-state index contributed by atoms with van der Waals surface area (Å²) in [6.45, 7) is 1.87. The van der Waals surface area contributed by atoms with E-state index in [-0.39, 0.29) is 12.2 Å². The molecule has 10 heteroatoms. The summed E-state index contributed by atoms with van der Waals surface area (Å²) in [4.78, 5) is 30.5. The zero-order chi connectivity index (χ0) is 28.8. The molecule has 1 N–H and O–H groups in total. The summed E-state index contributed by atoms with van der Waals surface area (Å²) in [5, 5.41) is 7.61. The highest BCUT2D eigenvalue weighted by molar-refractivity contribution is 9.10. The highest BCUT2D eigenvalue weighted by Gasteiger charge is 2.15. The summed E-state index contributed by atoms with van der Waals surface area (Å²) in [7, 11) is 0. The van der Waals surface area contributed by atoms with E-state index in [1.165, 1.54) is 35.2 Å². The van der Waals surface area contributed by atoms with Crippen LogP contribution >= 0.6 is 15.9 Å². The first-order valence-corrected chi connectivity index (χ1v) is 13.5. The van der Waals surface area contributed by atoms with Crippen LogP contribution in [0.15, 0.2) is 105 Å². The molecule has 206 valence electrons. The molecule has 1 aromatic heterocycles. The van der Waals surface area contributed by atoms with Crippen molar-refractivity contribution in [3.63, 3.8) is 0 Å². The van der Waals surface area contributed by atoms with Gasteiger partial charge < -0.3 is 14.8 Å². The number of para-hydroxylation sites is 1. The number of aromatic nitrogens is 2. The number of nitrogens with one attached hydrogen (secondary N) is 1. The molecule has 0 saturated heterocycles. The van der Waals surface area contributed by atoms with Crippen molar-refractivity contribution in [1.29, 1.82) is 0 Å². The molecule has 0 unspecified atom stereocenters. The third kappa shape index (κ3) is 6.50. The molecule has 5 rings (SSSR count). The molecular weight excluding hydrogens is 591 g/mol. The molecule has 8 nitrogen and oxygen atoms in total. The van der Waals surface area contributed by atoms with Crippen molar-refractivity contribution in [3.8, 4) is 22.9 Å². The summed E-state index contributed by atoms with van der Waals surface area (Å²) in [6, 6.07) is 25.4. The first kappa shape index (κ1) is 27.7. The van der Waals surface area contributed by atoms with Gasteiger partial charge in [0.25, 0.3) is 11.5 Å². The van der Waals surface area contributed by atoms with Crippen LogP contribution < -0.4 is 20.3 Å². The first-order valence-electron chi connectivity index (χ1n) is 12.7. The van der Waals surface area contributed by atoms with Gasteiger partial charge in [0, 0.05) is 11.3 Å². The summed E-state index contributed by atoms with van der Waals surface area (Å²) in [6.07, 6.45) is 1.53. The number of carbonyl (C=O) groups is 1. The molecule has 41 heavy (non-hydrogen) atoms. The fraction of sp³-hybridized carbons (Fsp3) is 0.0968. The van der Waals surface area contributed by atoms with E-state index < -0.39 is 11.7 Å². The van der Waals surface area contributed by atoms with Crippen molar-refractivity contribution < 1.29 is 18.7 Å². The van der Waals surface area contributed by atoms with Gasteiger partial charge >= 0.3 is 0 Å². The van der Waals surface area contributed by atoms with Gasteiger partial charge in [-0.25, -0.2) is 9.37 Å². The second-order valence-electron chi connectivity index (χ2n) is 8.79. The van der Waals surface area contributed by atoms with E-state index in [0.29, 0.717) is 50.6 Å². The van der Waals surface area contributed by atoms with Gasteiger partial charge in [0.2, 0.25) is 0 Å². The average molecular weight is 615 g/mol. The van der Waals surface area contributed by atoms with Crippen LogP contribution in [0.2, 0.25) is 0 Å². The van der Waals surface area contributed by atoms with E-state index in [1.54, 1.807) is 30.3 Å². The minimum absolute atomic E-state index is 0.303. The van der Waals surface area contributed by atoms with Crippen molar-refractivity contribution in [3.05, 3.63) is 117 Å². The molecule has 0 fully saturated rings. The standard InChI is InChI=1S/C31H24BrFN4O4/c1-2-40-27-17-20(16-25(32)29(27)41-19-28(38)35-23-14-12-22(33)13-15-23)18-34-37-30(21-8-4-3-5-9-21)36-26-11-7-6-10-24(26)31(37)39/h3-18H,2,19H2,1H3,(H,35,38). The molecule has 0 atom stereocenters. The quantitative estimate of drug-likeness (QED) is 0.198. The van der Waals surface area contributed by atoms with Gasteiger partial charge in [-0.2, -0.15) is 9.78 Å². The van der Waals surface area contributed by atoms with E-state index in [4.69, 9.17) is 14.5 Å². The number of benzene rings is 4. The number of carbonyl (C=O) groups excluding carboxylic acids is 1. The molecule has 0 aliphatic carbocycles. The van der Waals surface area contributed by atoms with Gasteiger partial charge in [0.15, 0.2) is 23.9 Å². The Morgan fingerprint density at radius 3 is 2.51 bits per heavy atom. The third-order valence-electron chi connectivity index (χ3n) is 5.92. The zero-order valence-corrected chi connectivity index (χ0v) is 23.5. The summed E-state index contributed by atoms with van der Waals surface area (Å²) in [5.74, 6) is 0.291. The molecule has 0 radical (unpaired) electrons. The normalized spacial score (nSPS) is 11.1. The van der Waals surface area contributed by atoms with Crippen LogP contribution in [-0.2, 0) is 4.79 Å². The largest absolute Gasteiger partial charge is 0.490 e.